The number of nitrogens with one attached hydrogen (secondary N) is 1. The van der Waals surface area contributed by atoms with Crippen LogP contribution < -0.4 is 19.7 Å². The Bertz CT molecular complexity index is 1200. The van der Waals surface area contributed by atoms with Crippen LogP contribution in [0.1, 0.15) is 5.56 Å². The zero-order valence-electron chi connectivity index (χ0n) is 18.5. The predicted molar refractivity (Wildman–Crippen MR) is 128 cm³/mol. The summed E-state index contributed by atoms with van der Waals surface area (Å²) >= 11 is 2.63. The van der Waals surface area contributed by atoms with E-state index in [0.29, 0.717) is 23.7 Å². The number of rotatable bonds is 8. The number of aromatic nitrogens is 1. The molecule has 3 aromatic rings. The molecule has 2 aromatic carbocycles. The van der Waals surface area contributed by atoms with Gasteiger partial charge in [-0.2, -0.15) is 0 Å². The van der Waals surface area contributed by atoms with E-state index in [-0.39, 0.29) is 0 Å². The molecule has 0 bridgehead atoms. The van der Waals surface area contributed by atoms with Crippen LogP contribution in [0, 0.1) is 11.3 Å². The Hall–Kier alpha value is -3.31. The second kappa shape index (κ2) is 10.5. The minimum atomic E-state index is 0.364. The number of fused-ring (bicyclic) bond motifs is 1. The van der Waals surface area contributed by atoms with Crippen LogP contribution >= 0.6 is 0 Å². The molecule has 1 aliphatic rings. The number of hydrogen-bond donors (Lipinski definition) is 1. The third kappa shape index (κ3) is 5.04. The number of anilines is 2. The van der Waals surface area contributed by atoms with Gasteiger partial charge in [-0.3, -0.25) is 0 Å². The first-order chi connectivity index (χ1) is 16.1. The van der Waals surface area contributed by atoms with Crippen molar-refractivity contribution in [2.24, 2.45) is 0 Å². The summed E-state index contributed by atoms with van der Waals surface area (Å²) in [6.45, 7) is 7.29. The molecule has 7 nitrogen and oxygen atoms in total. The maximum atomic E-state index is 9.81. The molecule has 33 heavy (non-hydrogen) atoms. The maximum absolute atomic E-state index is 9.81. The Morgan fingerprint density at radius 2 is 1.97 bits per heavy atom. The van der Waals surface area contributed by atoms with Gasteiger partial charge in [-0.05, 0) is 0 Å². The van der Waals surface area contributed by atoms with E-state index in [1.165, 1.54) is 0 Å². The summed E-state index contributed by atoms with van der Waals surface area (Å²) in [4.78, 5) is 9.06. The van der Waals surface area contributed by atoms with Crippen LogP contribution in [0.25, 0.3) is 10.9 Å². The summed E-state index contributed by atoms with van der Waals surface area (Å²) in [5.41, 5.74) is 3.26. The molecular formula is C25H25N5O2V. The van der Waals surface area contributed by atoms with Gasteiger partial charge in [0.2, 0.25) is 0 Å². The molecule has 4 rings (SSSR count). The van der Waals surface area contributed by atoms with Crippen molar-refractivity contribution in [3.63, 3.8) is 0 Å². The molecule has 0 spiro atoms. The average Bonchev–Trinajstić information content (AvgIpc) is 2.86. The molecule has 0 atom stereocenters. The van der Waals surface area contributed by atoms with Crippen molar-refractivity contribution in [3.8, 4) is 17.6 Å². The molecular weight excluding hydrogens is 453 g/mol. The number of pyridine rings is 1. The van der Waals surface area contributed by atoms with Crippen molar-refractivity contribution >= 4 is 26.8 Å². The number of hydrogen-bond acceptors (Lipinski definition) is 7. The summed E-state index contributed by atoms with van der Waals surface area (Å²) in [5, 5.41) is 14.1. The fraction of sp³-hybridized carbons (Fsp3) is 0.240. The summed E-state index contributed by atoms with van der Waals surface area (Å²) in [5.74, 6) is 1.21. The monoisotopic (exact) mass is 478 g/mol. The van der Waals surface area contributed by atoms with E-state index in [1.54, 1.807) is 19.4 Å². The SMILES string of the molecule is C=CCOc1cc2c(N3CCN([C](=[V])Nc4ccccc4)CC3)c(C#N)cnc2cc1OC. The molecule has 2 heterocycles. The van der Waals surface area contributed by atoms with Gasteiger partial charge in [0.25, 0.3) is 0 Å². The van der Waals surface area contributed by atoms with Crippen molar-refractivity contribution < 1.29 is 26.5 Å². The Morgan fingerprint density at radius 3 is 2.64 bits per heavy atom. The zero-order valence-corrected chi connectivity index (χ0v) is 19.9. The third-order valence-corrected chi connectivity index (χ3v) is 6.14. The molecule has 8 heteroatoms. The number of para-hydroxylation sites is 1. The normalized spacial score (nSPS) is 13.8. The van der Waals surface area contributed by atoms with Crippen LogP contribution in [0.3, 0.4) is 0 Å². The van der Waals surface area contributed by atoms with Gasteiger partial charge in [0.15, 0.2) is 0 Å². The predicted octanol–water partition coefficient (Wildman–Crippen LogP) is 3.55. The molecule has 167 valence electrons. The summed E-state index contributed by atoms with van der Waals surface area (Å²) in [6.07, 6.45) is 3.33. The van der Waals surface area contributed by atoms with E-state index in [4.69, 9.17) is 9.47 Å². The first-order valence-electron chi connectivity index (χ1n) is 10.7. The van der Waals surface area contributed by atoms with E-state index in [9.17, 15) is 5.26 Å². The quantitative estimate of drug-likeness (QED) is 0.497. The van der Waals surface area contributed by atoms with Gasteiger partial charge in [0, 0.05) is 0 Å². The van der Waals surface area contributed by atoms with E-state index in [0.717, 1.165) is 52.9 Å². The van der Waals surface area contributed by atoms with Crippen molar-refractivity contribution in [3.05, 3.63) is 66.9 Å². The number of nitriles is 1. The van der Waals surface area contributed by atoms with E-state index in [1.807, 2.05) is 42.5 Å². The first-order valence-corrected chi connectivity index (χ1v) is 11.4. The van der Waals surface area contributed by atoms with Gasteiger partial charge in [-0.1, -0.05) is 6.58 Å². The summed E-state index contributed by atoms with van der Waals surface area (Å²) in [7, 11) is 1.60. The van der Waals surface area contributed by atoms with Crippen LogP contribution in [0.2, 0.25) is 0 Å². The van der Waals surface area contributed by atoms with Crippen LogP contribution in [-0.4, -0.2) is 54.3 Å². The topological polar surface area (TPSA) is 73.7 Å². The Balaban J connectivity index is 1.59. The number of nitrogens with zero attached hydrogens (tertiary/aromatic N) is 4. The number of ether oxygens (including phenoxy) is 2. The third-order valence-electron chi connectivity index (χ3n) is 5.53. The van der Waals surface area contributed by atoms with Crippen LogP contribution in [-0.2, 0) is 17.0 Å². The van der Waals surface area contributed by atoms with Gasteiger partial charge in [-0.15, -0.1) is 0 Å². The van der Waals surface area contributed by atoms with Crippen LogP contribution in [0.4, 0.5) is 11.4 Å². The second-order valence-electron chi connectivity index (χ2n) is 7.54. The van der Waals surface area contributed by atoms with E-state index < -0.39 is 0 Å². The number of benzene rings is 2. The Kier molecular flexibility index (Phi) is 7.31. The van der Waals surface area contributed by atoms with Crippen molar-refractivity contribution in [2.45, 2.75) is 0 Å². The van der Waals surface area contributed by atoms with Crippen LogP contribution in [0.5, 0.6) is 11.5 Å². The number of methoxy groups -OCH3 is 1. The Labute approximate surface area is 202 Å². The van der Waals surface area contributed by atoms with Gasteiger partial charge in [0.05, 0.1) is 0 Å². The fourth-order valence-electron chi connectivity index (χ4n) is 3.90. The summed E-state index contributed by atoms with van der Waals surface area (Å²) < 4.78 is 12.4. The van der Waals surface area contributed by atoms with E-state index in [2.05, 4.69) is 49.7 Å². The van der Waals surface area contributed by atoms with Crippen molar-refractivity contribution in [1.29, 1.82) is 5.26 Å². The van der Waals surface area contributed by atoms with Crippen molar-refractivity contribution in [2.75, 3.05) is 50.1 Å². The molecule has 0 unspecified atom stereocenters. The molecule has 0 amide bonds. The first kappa shape index (κ1) is 22.9. The minimum absolute atomic E-state index is 0.364. The molecule has 0 aliphatic carbocycles. The second-order valence-corrected chi connectivity index (χ2v) is 8.20. The van der Waals surface area contributed by atoms with Gasteiger partial charge in [0.1, 0.15) is 0 Å². The summed E-state index contributed by atoms with van der Waals surface area (Å²) in [6, 6.07) is 16.2. The molecule has 1 fully saturated rings. The standard InChI is InChI=1S/C25H25N5O2.V/c1-3-13-32-24-14-21-22(15-23(24)31-2)27-17-19(16-26)25(21)30-11-9-29(10-12-30)18-28-20-7-5-4-6-8-20;/h3-8,14-15,17,28H,1,9-13H2,2H3;. The molecule has 1 aromatic heterocycles. The van der Waals surface area contributed by atoms with Gasteiger partial charge in [-0.25, -0.2) is 0 Å². The molecule has 1 saturated heterocycles. The Morgan fingerprint density at radius 1 is 1.21 bits per heavy atom. The molecule has 1 N–H and O–H groups in total. The molecule has 0 radical (unpaired) electrons. The van der Waals surface area contributed by atoms with Gasteiger partial charge >= 0.3 is 196 Å². The molecule has 1 aliphatic heterocycles. The molecule has 0 saturated carbocycles. The van der Waals surface area contributed by atoms with E-state index >= 15 is 0 Å². The average molecular weight is 478 g/mol. The van der Waals surface area contributed by atoms with Crippen molar-refractivity contribution in [1.82, 2.24) is 9.88 Å². The zero-order chi connectivity index (χ0) is 23.2. The van der Waals surface area contributed by atoms with Crippen LogP contribution in [0.15, 0.2) is 61.3 Å². The fourth-order valence-corrected chi connectivity index (χ4v) is 4.41. The number of piperazine rings is 1. The van der Waals surface area contributed by atoms with Gasteiger partial charge < -0.3 is 0 Å².